The van der Waals surface area contributed by atoms with Crippen molar-refractivity contribution in [1.29, 1.82) is 0 Å². The van der Waals surface area contributed by atoms with E-state index in [0.29, 0.717) is 13.1 Å². The molecule has 0 fully saturated rings. The highest BCUT2D eigenvalue weighted by molar-refractivity contribution is 5.99. The van der Waals surface area contributed by atoms with Crippen LogP contribution in [0.2, 0.25) is 0 Å². The number of nitrogens with one attached hydrogen (secondary N) is 1. The third kappa shape index (κ3) is 6.14. The van der Waals surface area contributed by atoms with Crippen molar-refractivity contribution in [2.45, 2.75) is 41.5 Å². The molecule has 6 heteroatoms. The summed E-state index contributed by atoms with van der Waals surface area (Å²) in [6.07, 6.45) is 0. The molecule has 0 saturated carbocycles. The first kappa shape index (κ1) is 19.4. The van der Waals surface area contributed by atoms with Crippen LogP contribution >= 0.6 is 0 Å². The summed E-state index contributed by atoms with van der Waals surface area (Å²) in [4.78, 5) is 37.7. The molecule has 0 saturated heterocycles. The average molecular weight is 300 g/mol. The maximum Gasteiger partial charge on any atom is 0.319 e. The van der Waals surface area contributed by atoms with E-state index < -0.39 is 23.2 Å². The predicted octanol–water partition coefficient (Wildman–Crippen LogP) is 1.20. The van der Waals surface area contributed by atoms with Gasteiger partial charge in [0.05, 0.1) is 13.2 Å². The molecule has 1 atom stereocenters. The van der Waals surface area contributed by atoms with Crippen molar-refractivity contribution >= 4 is 17.8 Å². The Labute approximate surface area is 127 Å². The Morgan fingerprint density at radius 1 is 1.10 bits per heavy atom. The Kier molecular flexibility index (Phi) is 7.99. The molecule has 122 valence electrons. The van der Waals surface area contributed by atoms with Gasteiger partial charge in [-0.15, -0.1) is 0 Å². The zero-order chi connectivity index (χ0) is 16.6. The fourth-order valence-electron chi connectivity index (χ4n) is 2.03. The lowest BCUT2D eigenvalue weighted by molar-refractivity contribution is -0.157. The quantitative estimate of drug-likeness (QED) is 0.566. The lowest BCUT2D eigenvalue weighted by Crippen LogP contribution is -2.47. The van der Waals surface area contributed by atoms with Crippen LogP contribution < -0.4 is 5.32 Å². The molecule has 21 heavy (non-hydrogen) atoms. The average Bonchev–Trinajstić information content (AvgIpc) is 2.36. The Morgan fingerprint density at radius 3 is 2.00 bits per heavy atom. The molecule has 6 nitrogen and oxygen atoms in total. The fourth-order valence-corrected chi connectivity index (χ4v) is 2.03. The van der Waals surface area contributed by atoms with Crippen LogP contribution in [0.15, 0.2) is 0 Å². The second kappa shape index (κ2) is 8.64. The number of likely N-dealkylation sites (N-methyl/N-ethyl adjacent to an activating group) is 1. The summed E-state index contributed by atoms with van der Waals surface area (Å²) < 4.78 is 4.95. The van der Waals surface area contributed by atoms with Crippen molar-refractivity contribution in [1.82, 2.24) is 10.2 Å². The number of hydrogen-bond donors (Lipinski definition) is 1. The number of carbonyl (C=O) groups is 3. The number of esters is 1. The highest BCUT2D eigenvalue weighted by Crippen LogP contribution is 2.27. The number of carbonyl (C=O) groups excluding carboxylic acids is 3. The monoisotopic (exact) mass is 300 g/mol. The van der Waals surface area contributed by atoms with Crippen LogP contribution in [-0.2, 0) is 19.1 Å². The van der Waals surface area contributed by atoms with Crippen molar-refractivity contribution in [3.8, 4) is 0 Å². The fraction of sp³-hybridized carbons (Fsp3) is 0.800. The van der Waals surface area contributed by atoms with Gasteiger partial charge in [-0.2, -0.15) is 0 Å². The first-order valence-electron chi connectivity index (χ1n) is 7.41. The van der Waals surface area contributed by atoms with E-state index >= 15 is 0 Å². The minimum atomic E-state index is -0.929. The summed E-state index contributed by atoms with van der Waals surface area (Å²) in [5.41, 5.74) is -0.575. The maximum absolute atomic E-state index is 12.2. The van der Waals surface area contributed by atoms with E-state index in [-0.39, 0.29) is 19.1 Å². The lowest BCUT2D eigenvalue weighted by atomic mass is 9.80. The Hall–Kier alpha value is -1.59. The number of ether oxygens (including phenoxy) is 1. The molecular weight excluding hydrogens is 272 g/mol. The van der Waals surface area contributed by atoms with Gasteiger partial charge in [-0.3, -0.25) is 14.4 Å². The molecule has 0 aliphatic carbocycles. The summed E-state index contributed by atoms with van der Waals surface area (Å²) in [6, 6.07) is 0. The van der Waals surface area contributed by atoms with Crippen molar-refractivity contribution in [2.24, 2.45) is 11.3 Å². The second-order valence-electron chi connectivity index (χ2n) is 5.83. The lowest BCUT2D eigenvalue weighted by Gasteiger charge is -2.28. The first-order valence-corrected chi connectivity index (χ1v) is 7.41. The largest absolute Gasteiger partial charge is 0.465 e. The molecular formula is C15H28N2O4. The van der Waals surface area contributed by atoms with E-state index in [9.17, 15) is 14.4 Å². The molecule has 0 aromatic heterocycles. The Morgan fingerprint density at radius 2 is 1.62 bits per heavy atom. The molecule has 2 amide bonds. The summed E-state index contributed by atoms with van der Waals surface area (Å²) in [5.74, 6) is -2.12. The zero-order valence-corrected chi connectivity index (χ0v) is 14.0. The van der Waals surface area contributed by atoms with Crippen LogP contribution in [0.25, 0.3) is 0 Å². The van der Waals surface area contributed by atoms with Gasteiger partial charge < -0.3 is 15.0 Å². The molecule has 0 aliphatic heterocycles. The van der Waals surface area contributed by atoms with Gasteiger partial charge in [0, 0.05) is 13.1 Å². The van der Waals surface area contributed by atoms with E-state index in [1.807, 2.05) is 13.8 Å². The zero-order valence-electron chi connectivity index (χ0n) is 14.0. The number of nitrogens with zero attached hydrogens (tertiary/aromatic N) is 1. The number of amides is 2. The van der Waals surface area contributed by atoms with Gasteiger partial charge in [0.25, 0.3) is 0 Å². The van der Waals surface area contributed by atoms with E-state index in [1.54, 1.807) is 32.6 Å². The van der Waals surface area contributed by atoms with E-state index in [2.05, 4.69) is 5.32 Å². The van der Waals surface area contributed by atoms with Crippen LogP contribution in [0, 0.1) is 11.3 Å². The van der Waals surface area contributed by atoms with Gasteiger partial charge in [0.15, 0.2) is 0 Å². The topological polar surface area (TPSA) is 75.7 Å². The molecule has 0 bridgehead atoms. The van der Waals surface area contributed by atoms with Crippen LogP contribution in [-0.4, -0.2) is 48.9 Å². The van der Waals surface area contributed by atoms with Crippen LogP contribution in [0.4, 0.5) is 0 Å². The third-order valence-corrected chi connectivity index (χ3v) is 3.18. The molecule has 0 spiro atoms. The summed E-state index contributed by atoms with van der Waals surface area (Å²) in [6.45, 7) is 12.1. The number of hydrogen-bond acceptors (Lipinski definition) is 4. The summed E-state index contributed by atoms with van der Waals surface area (Å²) in [5, 5.41) is 2.55. The smallest absolute Gasteiger partial charge is 0.319 e. The Balaban J connectivity index is 4.78. The standard InChI is InChI=1S/C15H28N2O4/c1-7-17(8-2)11(18)10-16-13(19)12(15(4,5)6)14(20)21-9-3/h12H,7-10H2,1-6H3,(H,16,19). The maximum atomic E-state index is 12.2. The minimum Gasteiger partial charge on any atom is -0.465 e. The molecule has 0 aliphatic rings. The van der Waals surface area contributed by atoms with Gasteiger partial charge in [0.2, 0.25) is 11.8 Å². The van der Waals surface area contributed by atoms with E-state index in [1.165, 1.54) is 0 Å². The first-order chi connectivity index (χ1) is 9.68. The van der Waals surface area contributed by atoms with Crippen LogP contribution in [0.5, 0.6) is 0 Å². The van der Waals surface area contributed by atoms with Crippen molar-refractivity contribution < 1.29 is 19.1 Å². The van der Waals surface area contributed by atoms with Crippen molar-refractivity contribution in [3.05, 3.63) is 0 Å². The summed E-state index contributed by atoms with van der Waals surface area (Å²) in [7, 11) is 0. The van der Waals surface area contributed by atoms with E-state index in [0.717, 1.165) is 0 Å². The van der Waals surface area contributed by atoms with Gasteiger partial charge in [0.1, 0.15) is 5.92 Å². The van der Waals surface area contributed by atoms with Crippen LogP contribution in [0.1, 0.15) is 41.5 Å². The predicted molar refractivity (Wildman–Crippen MR) is 80.5 cm³/mol. The molecule has 0 radical (unpaired) electrons. The molecule has 0 heterocycles. The molecule has 0 aromatic rings. The molecule has 0 rings (SSSR count). The van der Waals surface area contributed by atoms with Crippen LogP contribution in [0.3, 0.4) is 0 Å². The highest BCUT2D eigenvalue weighted by atomic mass is 16.5. The molecule has 1 N–H and O–H groups in total. The highest BCUT2D eigenvalue weighted by Gasteiger charge is 2.39. The SMILES string of the molecule is CCOC(=O)C(C(=O)NCC(=O)N(CC)CC)C(C)(C)C. The number of rotatable bonds is 7. The van der Waals surface area contributed by atoms with E-state index in [4.69, 9.17) is 4.74 Å². The van der Waals surface area contributed by atoms with Gasteiger partial charge in [-0.05, 0) is 26.2 Å². The third-order valence-electron chi connectivity index (χ3n) is 3.18. The van der Waals surface area contributed by atoms with Crippen molar-refractivity contribution in [3.63, 3.8) is 0 Å². The summed E-state index contributed by atoms with van der Waals surface area (Å²) >= 11 is 0. The van der Waals surface area contributed by atoms with Gasteiger partial charge in [-0.25, -0.2) is 0 Å². The normalized spacial score (nSPS) is 12.5. The second-order valence-corrected chi connectivity index (χ2v) is 5.83. The van der Waals surface area contributed by atoms with Crippen molar-refractivity contribution in [2.75, 3.05) is 26.2 Å². The molecule has 1 unspecified atom stereocenters. The Bertz CT molecular complexity index is 370. The minimum absolute atomic E-state index is 0.105. The van der Waals surface area contributed by atoms with Gasteiger partial charge in [-0.1, -0.05) is 20.8 Å². The van der Waals surface area contributed by atoms with Gasteiger partial charge >= 0.3 is 5.97 Å². The molecule has 0 aromatic carbocycles.